The third kappa shape index (κ3) is 4.18. The van der Waals surface area contributed by atoms with Crippen LogP contribution in [-0.2, 0) is 16.0 Å². The fourth-order valence-corrected chi connectivity index (χ4v) is 4.22. The number of carbonyl (C=O) groups excluding carboxylic acids is 3. The molecule has 0 spiro atoms. The molecule has 4 amide bonds. The van der Waals surface area contributed by atoms with E-state index in [2.05, 4.69) is 15.6 Å². The lowest BCUT2D eigenvalue weighted by Crippen LogP contribution is -2.46. The molecule has 2 aromatic rings. The number of nitrogens with zero attached hydrogens (tertiary/aromatic N) is 2. The Bertz CT molecular complexity index is 910. The Balaban J connectivity index is 1.61. The van der Waals surface area contributed by atoms with Crippen molar-refractivity contribution >= 4 is 45.9 Å². The lowest BCUT2D eigenvalue weighted by Gasteiger charge is -2.22. The largest absolute Gasteiger partial charge is 0.325 e. The molecule has 0 atom stereocenters. The number of nitrogens with one attached hydrogen (secondary N) is 2. The van der Waals surface area contributed by atoms with Crippen molar-refractivity contribution in [1.82, 2.24) is 15.2 Å². The van der Waals surface area contributed by atoms with E-state index in [0.29, 0.717) is 29.4 Å². The van der Waals surface area contributed by atoms with Crippen molar-refractivity contribution in [2.75, 3.05) is 11.9 Å². The van der Waals surface area contributed by atoms with Crippen LogP contribution in [0.1, 0.15) is 37.1 Å². The van der Waals surface area contributed by atoms with E-state index in [1.165, 1.54) is 11.3 Å². The summed E-state index contributed by atoms with van der Waals surface area (Å²) in [5, 5.41) is 6.45. The minimum Gasteiger partial charge on any atom is -0.323 e. The fourth-order valence-electron chi connectivity index (χ4n) is 3.15. The highest BCUT2D eigenvalue weighted by Crippen LogP contribution is 2.25. The van der Waals surface area contributed by atoms with E-state index in [9.17, 15) is 14.4 Å². The van der Waals surface area contributed by atoms with E-state index in [-0.39, 0.29) is 12.5 Å². The fraction of sp³-hybridized carbons (Fsp3) is 0.368. The maximum atomic E-state index is 12.6. The molecule has 1 aromatic carbocycles. The molecule has 28 heavy (non-hydrogen) atoms. The minimum absolute atomic E-state index is 0.338. The van der Waals surface area contributed by atoms with Crippen molar-refractivity contribution in [1.29, 1.82) is 0 Å². The van der Waals surface area contributed by atoms with Crippen molar-refractivity contribution < 1.29 is 14.4 Å². The van der Waals surface area contributed by atoms with Gasteiger partial charge in [-0.05, 0) is 30.5 Å². The van der Waals surface area contributed by atoms with Gasteiger partial charge in [0.05, 0.1) is 0 Å². The van der Waals surface area contributed by atoms with Gasteiger partial charge in [-0.2, -0.15) is 0 Å². The Morgan fingerprint density at radius 2 is 2.07 bits per heavy atom. The molecule has 0 saturated carbocycles. The van der Waals surface area contributed by atoms with Crippen LogP contribution in [0.25, 0.3) is 0 Å². The molecule has 1 fully saturated rings. The zero-order valence-corrected chi connectivity index (χ0v) is 17.2. The van der Waals surface area contributed by atoms with Gasteiger partial charge in [0.2, 0.25) is 5.91 Å². The number of thiazole rings is 1. The molecule has 3 rings (SSSR count). The number of anilines is 1. The van der Waals surface area contributed by atoms with Crippen LogP contribution in [0.4, 0.5) is 9.93 Å². The first kappa shape index (κ1) is 20.3. The number of imide groups is 1. The van der Waals surface area contributed by atoms with Gasteiger partial charge < -0.3 is 10.6 Å². The Morgan fingerprint density at radius 1 is 1.32 bits per heavy atom. The number of benzene rings is 1. The van der Waals surface area contributed by atoms with E-state index in [1.807, 2.05) is 38.1 Å². The first-order valence-corrected chi connectivity index (χ1v) is 10.2. The van der Waals surface area contributed by atoms with E-state index in [0.717, 1.165) is 15.3 Å². The molecule has 9 heteroatoms. The van der Waals surface area contributed by atoms with Crippen LogP contribution in [0.15, 0.2) is 30.5 Å². The molecule has 2 heterocycles. The molecule has 0 unspecified atom stereocenters. The smallest absolute Gasteiger partial charge is 0.323 e. The zero-order valence-electron chi connectivity index (χ0n) is 15.6. The van der Waals surface area contributed by atoms with Gasteiger partial charge >= 0.3 is 6.03 Å². The molecule has 1 saturated heterocycles. The molecule has 0 radical (unpaired) electrons. The summed E-state index contributed by atoms with van der Waals surface area (Å²) in [5.41, 5.74) is 0.131. The third-order valence-electron chi connectivity index (χ3n) is 4.82. The van der Waals surface area contributed by atoms with Crippen molar-refractivity contribution in [2.45, 2.75) is 38.6 Å². The third-order valence-corrected chi connectivity index (χ3v) is 5.97. The average Bonchev–Trinajstić information content (AvgIpc) is 3.19. The second-order valence-electron chi connectivity index (χ2n) is 6.60. The molecular weight excluding hydrogens is 400 g/mol. The molecule has 148 valence electrons. The number of rotatable bonds is 7. The van der Waals surface area contributed by atoms with Crippen molar-refractivity contribution in [3.63, 3.8) is 0 Å². The Morgan fingerprint density at radius 3 is 2.71 bits per heavy atom. The average molecular weight is 421 g/mol. The van der Waals surface area contributed by atoms with Crippen LogP contribution in [0, 0.1) is 0 Å². The van der Waals surface area contributed by atoms with E-state index in [1.54, 1.807) is 6.20 Å². The number of hydrogen-bond acceptors (Lipinski definition) is 5. The summed E-state index contributed by atoms with van der Waals surface area (Å²) in [7, 11) is 0. The molecular formula is C19H21ClN4O3S. The zero-order chi connectivity index (χ0) is 20.3. The number of hydrogen-bond donors (Lipinski definition) is 2. The number of halogens is 1. The highest BCUT2D eigenvalue weighted by atomic mass is 35.5. The van der Waals surface area contributed by atoms with E-state index in [4.69, 9.17) is 11.6 Å². The SMILES string of the molecule is CCC1(CC)NC(=O)N(CC(=O)Nc2ncc(Cc3cccc(Cl)c3)s2)C1=O. The summed E-state index contributed by atoms with van der Waals surface area (Å²) in [6, 6.07) is 7.00. The Hall–Kier alpha value is -2.45. The lowest BCUT2D eigenvalue weighted by atomic mass is 9.93. The summed E-state index contributed by atoms with van der Waals surface area (Å²) in [6.45, 7) is 3.33. The van der Waals surface area contributed by atoms with Crippen LogP contribution >= 0.6 is 22.9 Å². The lowest BCUT2D eigenvalue weighted by molar-refractivity contribution is -0.134. The van der Waals surface area contributed by atoms with Crippen LogP contribution in [-0.4, -0.2) is 39.8 Å². The molecule has 0 aliphatic carbocycles. The summed E-state index contributed by atoms with van der Waals surface area (Å²) in [6.07, 6.45) is 3.29. The number of amides is 4. The predicted molar refractivity (Wildman–Crippen MR) is 109 cm³/mol. The number of urea groups is 1. The normalized spacial score (nSPS) is 15.6. The Kier molecular flexibility index (Phi) is 6.00. The standard InChI is InChI=1S/C19H21ClN4O3S/c1-3-19(4-2)16(26)24(18(27)23-19)11-15(25)22-17-21-10-14(28-17)9-12-6-5-7-13(20)8-12/h5-8,10H,3-4,9,11H2,1-2H3,(H,23,27)(H,21,22,25). The van der Waals surface area contributed by atoms with Gasteiger partial charge in [0.15, 0.2) is 5.13 Å². The molecule has 1 aliphatic heterocycles. The van der Waals surface area contributed by atoms with Crippen molar-refractivity contribution in [3.8, 4) is 0 Å². The second-order valence-corrected chi connectivity index (χ2v) is 8.15. The quantitative estimate of drug-likeness (QED) is 0.671. The van der Waals surface area contributed by atoms with Crippen LogP contribution in [0.3, 0.4) is 0 Å². The highest BCUT2D eigenvalue weighted by Gasteiger charge is 2.49. The molecule has 1 aromatic heterocycles. The highest BCUT2D eigenvalue weighted by molar-refractivity contribution is 7.15. The van der Waals surface area contributed by atoms with Gasteiger partial charge in [-0.25, -0.2) is 9.78 Å². The van der Waals surface area contributed by atoms with Crippen molar-refractivity contribution in [3.05, 3.63) is 45.9 Å². The first-order chi connectivity index (χ1) is 13.4. The predicted octanol–water partition coefficient (Wildman–Crippen LogP) is 3.44. The summed E-state index contributed by atoms with van der Waals surface area (Å²) < 4.78 is 0. The van der Waals surface area contributed by atoms with Crippen LogP contribution in [0.5, 0.6) is 0 Å². The van der Waals surface area contributed by atoms with Gasteiger partial charge in [0.1, 0.15) is 12.1 Å². The van der Waals surface area contributed by atoms with E-state index >= 15 is 0 Å². The summed E-state index contributed by atoms with van der Waals surface area (Å²) in [4.78, 5) is 43.1. The molecule has 7 nitrogen and oxygen atoms in total. The number of carbonyl (C=O) groups is 3. The maximum absolute atomic E-state index is 12.6. The van der Waals surface area contributed by atoms with Crippen LogP contribution < -0.4 is 10.6 Å². The molecule has 2 N–H and O–H groups in total. The van der Waals surface area contributed by atoms with Crippen molar-refractivity contribution in [2.24, 2.45) is 0 Å². The maximum Gasteiger partial charge on any atom is 0.325 e. The first-order valence-electron chi connectivity index (χ1n) is 9.00. The van der Waals surface area contributed by atoms with Crippen LogP contribution in [0.2, 0.25) is 5.02 Å². The minimum atomic E-state index is -0.914. The molecule has 1 aliphatic rings. The molecule has 0 bridgehead atoms. The topological polar surface area (TPSA) is 91.4 Å². The summed E-state index contributed by atoms with van der Waals surface area (Å²) in [5.74, 6) is -0.825. The summed E-state index contributed by atoms with van der Waals surface area (Å²) >= 11 is 7.34. The number of aromatic nitrogens is 1. The van der Waals surface area contributed by atoms with Gasteiger partial charge in [-0.1, -0.05) is 37.6 Å². The Labute approximate surface area is 172 Å². The van der Waals surface area contributed by atoms with Gasteiger partial charge in [0.25, 0.3) is 5.91 Å². The van der Waals surface area contributed by atoms with Gasteiger partial charge in [0, 0.05) is 22.5 Å². The second kappa shape index (κ2) is 8.28. The van der Waals surface area contributed by atoms with E-state index < -0.39 is 17.5 Å². The van der Waals surface area contributed by atoms with Gasteiger partial charge in [-0.3, -0.25) is 14.5 Å². The monoisotopic (exact) mass is 420 g/mol. The van der Waals surface area contributed by atoms with Gasteiger partial charge in [-0.15, -0.1) is 11.3 Å².